The molecule has 1 atom stereocenters. The van der Waals surface area contributed by atoms with E-state index in [2.05, 4.69) is 19.6 Å². The van der Waals surface area contributed by atoms with Crippen molar-refractivity contribution < 1.29 is 18.5 Å². The van der Waals surface area contributed by atoms with Crippen LogP contribution in [0.3, 0.4) is 0 Å². The Morgan fingerprint density at radius 1 is 1.00 bits per heavy atom. The van der Waals surface area contributed by atoms with Gasteiger partial charge in [-0.15, -0.1) is 0 Å². The summed E-state index contributed by atoms with van der Waals surface area (Å²) in [6.07, 6.45) is 2.91. The van der Waals surface area contributed by atoms with Gasteiger partial charge in [0, 0.05) is 28.5 Å². The van der Waals surface area contributed by atoms with Crippen molar-refractivity contribution in [1.82, 2.24) is 9.97 Å². The summed E-state index contributed by atoms with van der Waals surface area (Å²) in [7, 11) is 0.124. The fourth-order valence-corrected chi connectivity index (χ4v) is 5.00. The van der Waals surface area contributed by atoms with E-state index in [0.717, 1.165) is 0 Å². The fraction of sp³-hybridized carbons (Fsp3) is 0.136. The maximum absolute atomic E-state index is 13.8. The van der Waals surface area contributed by atoms with Gasteiger partial charge < -0.3 is 20.5 Å². The third-order valence-corrected chi connectivity index (χ3v) is 6.62. The number of nitrogens with one attached hydrogen (secondary N) is 1. The highest BCUT2D eigenvalue weighted by Gasteiger charge is 2.16. The Bertz CT molecular complexity index is 1480. The Balaban J connectivity index is 1.94. The summed E-state index contributed by atoms with van der Waals surface area (Å²) in [5.74, 6) is 1.28. The molecular weight excluding hydrogens is 430 g/mol. The number of benzene rings is 3. The molecule has 0 radical (unpaired) electrons. The quantitative estimate of drug-likeness (QED) is 0.470. The number of nitrogens with two attached hydrogens (primary N) is 1. The number of urea groups is 1. The summed E-state index contributed by atoms with van der Waals surface area (Å²) in [4.78, 5) is 20.4. The van der Waals surface area contributed by atoms with Crippen molar-refractivity contribution in [3.8, 4) is 11.5 Å². The number of nitrogens with zero attached hydrogens (tertiary/aromatic N) is 3. The molecule has 0 saturated heterocycles. The number of hydrogen-bond donors (Lipinski definition) is 2. The SMILES string of the molecule is COc1cc2ncnc(N=S(C)(=O)c3cccc4c(NC(N)=O)cccc34)c2cc1OC. The highest BCUT2D eigenvalue weighted by atomic mass is 32.2. The van der Waals surface area contributed by atoms with Crippen LogP contribution in [0.4, 0.5) is 16.3 Å². The van der Waals surface area contributed by atoms with Gasteiger partial charge in [0.1, 0.15) is 6.33 Å². The lowest BCUT2D eigenvalue weighted by atomic mass is 10.1. The summed E-state index contributed by atoms with van der Waals surface area (Å²) in [5.41, 5.74) is 6.39. The van der Waals surface area contributed by atoms with E-state index in [9.17, 15) is 9.00 Å². The van der Waals surface area contributed by atoms with E-state index in [-0.39, 0.29) is 5.82 Å². The zero-order chi connectivity index (χ0) is 22.9. The molecule has 9 nitrogen and oxygen atoms in total. The smallest absolute Gasteiger partial charge is 0.316 e. The standard InChI is InChI=1S/C22H21N5O4S/c1-30-18-10-15-17(11-19(18)31-2)24-12-25-21(15)27-32(3,29)20-9-5-6-13-14(20)7-4-8-16(13)26-22(23)28/h4-12H,1-3H3,(H3,23,26,28). The highest BCUT2D eigenvalue weighted by Crippen LogP contribution is 2.36. The highest BCUT2D eigenvalue weighted by molar-refractivity contribution is 7.93. The molecular formula is C22H21N5O4S. The van der Waals surface area contributed by atoms with Gasteiger partial charge in [-0.1, -0.05) is 24.3 Å². The molecule has 1 aromatic heterocycles. The molecule has 0 aliphatic rings. The van der Waals surface area contributed by atoms with Crippen LogP contribution in [0.25, 0.3) is 21.7 Å². The van der Waals surface area contributed by atoms with Crippen LogP contribution >= 0.6 is 0 Å². The average molecular weight is 452 g/mol. The minimum atomic E-state index is -2.94. The number of anilines is 1. The number of methoxy groups -OCH3 is 2. The summed E-state index contributed by atoms with van der Waals surface area (Å²) >= 11 is 0. The molecule has 0 saturated carbocycles. The third-order valence-electron chi connectivity index (χ3n) is 4.93. The topological polar surface area (TPSA) is 129 Å². The minimum Gasteiger partial charge on any atom is -0.493 e. The van der Waals surface area contributed by atoms with Gasteiger partial charge in [0.2, 0.25) is 0 Å². The zero-order valence-electron chi connectivity index (χ0n) is 17.7. The zero-order valence-corrected chi connectivity index (χ0v) is 18.5. The first-order valence-corrected chi connectivity index (χ1v) is 11.4. The van der Waals surface area contributed by atoms with Crippen molar-refractivity contribution in [3.05, 3.63) is 54.9 Å². The first-order valence-electron chi connectivity index (χ1n) is 9.51. The lowest BCUT2D eigenvalue weighted by Gasteiger charge is -2.13. The first-order chi connectivity index (χ1) is 15.3. The molecule has 3 N–H and O–H groups in total. The van der Waals surface area contributed by atoms with Crippen LogP contribution < -0.4 is 20.5 Å². The normalized spacial score (nSPS) is 12.8. The van der Waals surface area contributed by atoms with Gasteiger partial charge in [-0.05, 0) is 18.2 Å². The van der Waals surface area contributed by atoms with Crippen LogP contribution in [0, 0.1) is 0 Å². The molecule has 164 valence electrons. The summed E-state index contributed by atoms with van der Waals surface area (Å²) < 4.78 is 29.1. The number of carbonyl (C=O) groups excluding carboxylic acids is 1. The second-order valence-corrected chi connectivity index (χ2v) is 9.19. The number of rotatable bonds is 5. The van der Waals surface area contributed by atoms with E-state index in [1.807, 2.05) is 12.1 Å². The number of ether oxygens (including phenoxy) is 2. The van der Waals surface area contributed by atoms with Gasteiger partial charge in [0.05, 0.1) is 40.0 Å². The van der Waals surface area contributed by atoms with Gasteiger partial charge >= 0.3 is 6.03 Å². The van der Waals surface area contributed by atoms with Gasteiger partial charge in [-0.3, -0.25) is 0 Å². The van der Waals surface area contributed by atoms with Crippen LogP contribution in [0.15, 0.2) is 64.1 Å². The second-order valence-electron chi connectivity index (χ2n) is 6.96. The van der Waals surface area contributed by atoms with Crippen molar-refractivity contribution in [2.24, 2.45) is 10.1 Å². The Hall–Kier alpha value is -3.92. The van der Waals surface area contributed by atoms with E-state index in [1.165, 1.54) is 20.5 Å². The number of amides is 2. The van der Waals surface area contributed by atoms with Crippen molar-refractivity contribution in [2.45, 2.75) is 4.90 Å². The van der Waals surface area contributed by atoms with Crippen molar-refractivity contribution in [1.29, 1.82) is 0 Å². The lowest BCUT2D eigenvalue weighted by Crippen LogP contribution is -2.19. The van der Waals surface area contributed by atoms with Gasteiger partial charge in [0.15, 0.2) is 17.3 Å². The van der Waals surface area contributed by atoms with E-state index >= 15 is 0 Å². The molecule has 4 aromatic rings. The van der Waals surface area contributed by atoms with E-state index in [0.29, 0.717) is 43.8 Å². The van der Waals surface area contributed by atoms with Crippen LogP contribution in [0.1, 0.15) is 0 Å². The average Bonchev–Trinajstić information content (AvgIpc) is 2.77. The van der Waals surface area contributed by atoms with Gasteiger partial charge in [-0.25, -0.2) is 19.0 Å². The largest absolute Gasteiger partial charge is 0.493 e. The molecule has 4 rings (SSSR count). The van der Waals surface area contributed by atoms with Crippen LogP contribution in [-0.2, 0) is 9.73 Å². The molecule has 0 fully saturated rings. The molecule has 1 unspecified atom stereocenters. The molecule has 3 aromatic carbocycles. The predicted molar refractivity (Wildman–Crippen MR) is 124 cm³/mol. The van der Waals surface area contributed by atoms with E-state index in [4.69, 9.17) is 15.2 Å². The number of carbonyl (C=O) groups is 1. The Morgan fingerprint density at radius 2 is 1.69 bits per heavy atom. The number of aromatic nitrogens is 2. The molecule has 2 amide bonds. The van der Waals surface area contributed by atoms with Gasteiger partial charge in [0.25, 0.3) is 0 Å². The van der Waals surface area contributed by atoms with Crippen molar-refractivity contribution in [3.63, 3.8) is 0 Å². The maximum Gasteiger partial charge on any atom is 0.316 e. The molecule has 0 bridgehead atoms. The van der Waals surface area contributed by atoms with Gasteiger partial charge in [-0.2, -0.15) is 4.36 Å². The molecule has 0 spiro atoms. The number of hydrogen-bond acceptors (Lipinski definition) is 7. The minimum absolute atomic E-state index is 0.270. The molecule has 0 aliphatic heterocycles. The fourth-order valence-electron chi connectivity index (χ4n) is 3.51. The molecule has 32 heavy (non-hydrogen) atoms. The van der Waals surface area contributed by atoms with Crippen molar-refractivity contribution in [2.75, 3.05) is 25.8 Å². The lowest BCUT2D eigenvalue weighted by molar-refractivity contribution is 0.259. The van der Waals surface area contributed by atoms with E-state index < -0.39 is 15.8 Å². The van der Waals surface area contributed by atoms with Crippen molar-refractivity contribution >= 4 is 48.9 Å². The first kappa shape index (κ1) is 21.3. The van der Waals surface area contributed by atoms with Crippen LogP contribution in [-0.4, -0.2) is 40.7 Å². The van der Waals surface area contributed by atoms with Crippen LogP contribution in [0.5, 0.6) is 11.5 Å². The number of primary amides is 1. The summed E-state index contributed by atoms with van der Waals surface area (Å²) in [6.45, 7) is 0. The monoisotopic (exact) mass is 451 g/mol. The summed E-state index contributed by atoms with van der Waals surface area (Å²) in [5, 5.41) is 4.56. The number of fused-ring (bicyclic) bond motifs is 2. The molecule has 1 heterocycles. The predicted octanol–water partition coefficient (Wildman–Crippen LogP) is 4.08. The Labute approximate surface area is 184 Å². The maximum atomic E-state index is 13.8. The third kappa shape index (κ3) is 3.87. The Kier molecular flexibility index (Phi) is 5.54. The van der Waals surface area contributed by atoms with E-state index in [1.54, 1.807) is 42.7 Å². The molecule has 0 aliphatic carbocycles. The van der Waals surface area contributed by atoms with Crippen LogP contribution in [0.2, 0.25) is 0 Å². The summed E-state index contributed by atoms with van der Waals surface area (Å²) in [6, 6.07) is 13.4. The Morgan fingerprint density at radius 3 is 2.41 bits per heavy atom. The second kappa shape index (κ2) is 8.31. The molecule has 10 heteroatoms.